The van der Waals surface area contributed by atoms with Gasteiger partial charge in [0.05, 0.1) is 37.9 Å². The molecule has 0 N–H and O–H groups in total. The van der Waals surface area contributed by atoms with Gasteiger partial charge in [-0.2, -0.15) is 0 Å². The Labute approximate surface area is 124 Å². The van der Waals surface area contributed by atoms with Gasteiger partial charge in [-0.1, -0.05) is 6.07 Å². The summed E-state index contributed by atoms with van der Waals surface area (Å²) in [7, 11) is 3.97. The molecule has 0 radical (unpaired) electrons. The van der Waals surface area contributed by atoms with Gasteiger partial charge < -0.3 is 14.2 Å². The summed E-state index contributed by atoms with van der Waals surface area (Å²) in [5, 5.41) is 0. The molecule has 1 rings (SSSR count). The van der Waals surface area contributed by atoms with E-state index in [1.165, 1.54) is 21.3 Å². The standard InChI is InChI=1S/C13H14BrNO5/c1-18-10-6-4-5-8(12(10)14)15-9(13(17)20-3)7-11(16)19-2/h4-6H,7H2,1-3H3. The number of halogens is 1. The van der Waals surface area contributed by atoms with E-state index >= 15 is 0 Å². The number of esters is 2. The van der Waals surface area contributed by atoms with Crippen LogP contribution in [0.3, 0.4) is 0 Å². The van der Waals surface area contributed by atoms with Crippen LogP contribution >= 0.6 is 15.9 Å². The smallest absolute Gasteiger partial charge is 0.353 e. The van der Waals surface area contributed by atoms with Gasteiger partial charge in [0.25, 0.3) is 0 Å². The molecule has 0 aliphatic carbocycles. The lowest BCUT2D eigenvalue weighted by atomic mass is 10.2. The normalized spacial score (nSPS) is 10.9. The number of nitrogens with zero attached hydrogens (tertiary/aromatic N) is 1. The molecule has 0 amide bonds. The highest BCUT2D eigenvalue weighted by Crippen LogP contribution is 2.34. The first kappa shape index (κ1) is 16.2. The highest BCUT2D eigenvalue weighted by Gasteiger charge is 2.18. The zero-order valence-electron chi connectivity index (χ0n) is 11.3. The van der Waals surface area contributed by atoms with Crippen LogP contribution in [0.1, 0.15) is 6.42 Å². The van der Waals surface area contributed by atoms with Crippen molar-refractivity contribution in [2.24, 2.45) is 4.99 Å². The Hall–Kier alpha value is -1.89. The Morgan fingerprint density at radius 1 is 1.20 bits per heavy atom. The molecular formula is C13H14BrNO5. The Bertz CT molecular complexity index is 542. The molecule has 0 saturated carbocycles. The fourth-order valence-corrected chi connectivity index (χ4v) is 1.89. The fourth-order valence-electron chi connectivity index (χ4n) is 1.37. The molecule has 0 aliphatic rings. The van der Waals surface area contributed by atoms with Crippen molar-refractivity contribution in [2.75, 3.05) is 21.3 Å². The average Bonchev–Trinajstić information content (AvgIpc) is 2.47. The second-order valence-corrected chi connectivity index (χ2v) is 4.39. The summed E-state index contributed by atoms with van der Waals surface area (Å²) < 4.78 is 14.8. The zero-order valence-corrected chi connectivity index (χ0v) is 12.9. The fraction of sp³-hybridized carbons (Fsp3) is 0.308. The first-order valence-electron chi connectivity index (χ1n) is 5.58. The summed E-state index contributed by atoms with van der Waals surface area (Å²) >= 11 is 3.32. The zero-order chi connectivity index (χ0) is 15.1. The van der Waals surface area contributed by atoms with Crippen molar-refractivity contribution in [3.63, 3.8) is 0 Å². The van der Waals surface area contributed by atoms with Gasteiger partial charge in [-0.3, -0.25) is 4.79 Å². The molecule has 0 unspecified atom stereocenters. The third kappa shape index (κ3) is 4.06. The lowest BCUT2D eigenvalue weighted by Crippen LogP contribution is -2.20. The van der Waals surface area contributed by atoms with E-state index in [2.05, 4.69) is 30.4 Å². The number of methoxy groups -OCH3 is 3. The van der Waals surface area contributed by atoms with Crippen LogP contribution < -0.4 is 4.74 Å². The summed E-state index contributed by atoms with van der Waals surface area (Å²) in [5.74, 6) is -0.702. The molecule has 0 aromatic heterocycles. The highest BCUT2D eigenvalue weighted by atomic mass is 79.9. The minimum atomic E-state index is -0.690. The summed E-state index contributed by atoms with van der Waals surface area (Å²) in [6, 6.07) is 5.13. The highest BCUT2D eigenvalue weighted by molar-refractivity contribution is 9.10. The van der Waals surface area contributed by atoms with E-state index in [0.29, 0.717) is 15.9 Å². The monoisotopic (exact) mass is 343 g/mol. The van der Waals surface area contributed by atoms with E-state index < -0.39 is 11.9 Å². The van der Waals surface area contributed by atoms with Crippen LogP contribution in [0.2, 0.25) is 0 Å². The Morgan fingerprint density at radius 2 is 1.90 bits per heavy atom. The minimum absolute atomic E-state index is 0.0479. The largest absolute Gasteiger partial charge is 0.495 e. The van der Waals surface area contributed by atoms with Crippen LogP contribution in [-0.4, -0.2) is 39.0 Å². The molecular weight excluding hydrogens is 330 g/mol. The first-order chi connectivity index (χ1) is 9.53. The predicted octanol–water partition coefficient (Wildman–Crippen LogP) is 2.27. The van der Waals surface area contributed by atoms with E-state index in [9.17, 15) is 9.59 Å². The van der Waals surface area contributed by atoms with E-state index in [1.54, 1.807) is 18.2 Å². The SMILES string of the molecule is COC(=O)CC(=Nc1cccc(OC)c1Br)C(=O)OC. The molecule has 1 aromatic carbocycles. The summed E-state index contributed by atoms with van der Waals surface area (Å²) in [5.41, 5.74) is 0.405. The predicted molar refractivity (Wildman–Crippen MR) is 76.4 cm³/mol. The topological polar surface area (TPSA) is 74.2 Å². The quantitative estimate of drug-likeness (QED) is 0.605. The number of ether oxygens (including phenoxy) is 3. The molecule has 20 heavy (non-hydrogen) atoms. The van der Waals surface area contributed by atoms with Gasteiger partial charge in [0.15, 0.2) is 0 Å². The molecule has 0 spiro atoms. The number of aliphatic imine (C=N–C) groups is 1. The maximum atomic E-state index is 11.6. The number of benzene rings is 1. The summed E-state index contributed by atoms with van der Waals surface area (Å²) in [6.45, 7) is 0. The number of rotatable bonds is 5. The molecule has 1 aromatic rings. The van der Waals surface area contributed by atoms with E-state index in [0.717, 1.165) is 0 Å². The van der Waals surface area contributed by atoms with Crippen molar-refractivity contribution >= 4 is 39.3 Å². The van der Waals surface area contributed by atoms with Crippen LogP contribution in [0.25, 0.3) is 0 Å². The van der Waals surface area contributed by atoms with Crippen LogP contribution in [0, 0.1) is 0 Å². The minimum Gasteiger partial charge on any atom is -0.495 e. The Balaban J connectivity index is 3.19. The van der Waals surface area contributed by atoms with Gasteiger partial charge in [0.1, 0.15) is 11.5 Å². The first-order valence-corrected chi connectivity index (χ1v) is 6.38. The van der Waals surface area contributed by atoms with E-state index in [4.69, 9.17) is 4.74 Å². The number of hydrogen-bond acceptors (Lipinski definition) is 6. The molecule has 0 heterocycles. The number of carbonyl (C=O) groups excluding carboxylic acids is 2. The van der Waals surface area contributed by atoms with Crippen molar-refractivity contribution in [3.8, 4) is 5.75 Å². The van der Waals surface area contributed by atoms with E-state index in [1.807, 2.05) is 0 Å². The second-order valence-electron chi connectivity index (χ2n) is 3.60. The third-order valence-corrected chi connectivity index (χ3v) is 3.18. The molecule has 0 bridgehead atoms. The molecule has 108 valence electrons. The van der Waals surface area contributed by atoms with Gasteiger partial charge in [0.2, 0.25) is 0 Å². The lowest BCUT2D eigenvalue weighted by molar-refractivity contribution is -0.140. The van der Waals surface area contributed by atoms with E-state index in [-0.39, 0.29) is 12.1 Å². The molecule has 0 aliphatic heterocycles. The van der Waals surface area contributed by atoms with Gasteiger partial charge in [-0.25, -0.2) is 9.79 Å². The van der Waals surface area contributed by atoms with Crippen molar-refractivity contribution in [1.29, 1.82) is 0 Å². The van der Waals surface area contributed by atoms with Crippen LogP contribution in [0.15, 0.2) is 27.7 Å². The van der Waals surface area contributed by atoms with Gasteiger partial charge >= 0.3 is 11.9 Å². The van der Waals surface area contributed by atoms with Crippen LogP contribution in [0.4, 0.5) is 5.69 Å². The maximum absolute atomic E-state index is 11.6. The molecule has 0 atom stereocenters. The molecule has 6 nitrogen and oxygen atoms in total. The number of carbonyl (C=O) groups is 2. The third-order valence-electron chi connectivity index (χ3n) is 2.38. The molecule has 0 fully saturated rings. The summed E-state index contributed by atoms with van der Waals surface area (Å²) in [4.78, 5) is 27.1. The van der Waals surface area contributed by atoms with Gasteiger partial charge in [-0.05, 0) is 28.1 Å². The number of hydrogen-bond donors (Lipinski definition) is 0. The Morgan fingerprint density at radius 3 is 2.45 bits per heavy atom. The van der Waals surface area contributed by atoms with Crippen molar-refractivity contribution in [3.05, 3.63) is 22.7 Å². The van der Waals surface area contributed by atoms with Gasteiger partial charge in [-0.15, -0.1) is 0 Å². The van der Waals surface area contributed by atoms with Crippen LogP contribution in [0.5, 0.6) is 5.75 Å². The molecule has 7 heteroatoms. The average molecular weight is 344 g/mol. The van der Waals surface area contributed by atoms with Crippen molar-refractivity contribution < 1.29 is 23.8 Å². The maximum Gasteiger partial charge on any atom is 0.353 e. The van der Waals surface area contributed by atoms with Gasteiger partial charge in [0, 0.05) is 0 Å². The summed E-state index contributed by atoms with van der Waals surface area (Å²) in [6.07, 6.45) is -0.271. The second kappa shape index (κ2) is 7.64. The van der Waals surface area contributed by atoms with Crippen molar-refractivity contribution in [2.45, 2.75) is 6.42 Å². The van der Waals surface area contributed by atoms with Crippen molar-refractivity contribution in [1.82, 2.24) is 0 Å². The lowest BCUT2D eigenvalue weighted by Gasteiger charge is -2.07. The Kier molecular flexibility index (Phi) is 6.17. The van der Waals surface area contributed by atoms with Crippen LogP contribution in [-0.2, 0) is 19.1 Å². The molecule has 0 saturated heterocycles.